The number of nitrogens with one attached hydrogen (secondary N) is 2. The molecule has 0 aromatic heterocycles. The Morgan fingerprint density at radius 3 is 2.43 bits per heavy atom. The van der Waals surface area contributed by atoms with Gasteiger partial charge < -0.3 is 15.0 Å². The first kappa shape index (κ1) is 22.5. The summed E-state index contributed by atoms with van der Waals surface area (Å²) in [6, 6.07) is 4.84. The van der Waals surface area contributed by atoms with Crippen LogP contribution >= 0.6 is 0 Å². The van der Waals surface area contributed by atoms with Crippen molar-refractivity contribution in [3.8, 4) is 5.75 Å². The van der Waals surface area contributed by atoms with Gasteiger partial charge in [0.2, 0.25) is 10.0 Å². The molecule has 28 heavy (non-hydrogen) atoms. The third-order valence-electron chi connectivity index (χ3n) is 4.70. The second-order valence-corrected chi connectivity index (χ2v) is 10.1. The minimum atomic E-state index is -3.57. The van der Waals surface area contributed by atoms with Crippen LogP contribution in [0.1, 0.15) is 46.1 Å². The number of hydrogen-bond acceptors (Lipinski definition) is 4. The summed E-state index contributed by atoms with van der Waals surface area (Å²) in [7, 11) is -3.57. The summed E-state index contributed by atoms with van der Waals surface area (Å²) in [6.07, 6.45) is 1.56. The van der Waals surface area contributed by atoms with Crippen molar-refractivity contribution in [2.24, 2.45) is 5.92 Å². The highest BCUT2D eigenvalue weighted by Crippen LogP contribution is 2.23. The molecule has 0 radical (unpaired) electrons. The quantitative estimate of drug-likeness (QED) is 0.753. The molecule has 7 nitrogen and oxygen atoms in total. The number of sulfonamides is 1. The maximum Gasteiger partial charge on any atom is 0.317 e. The molecule has 0 spiro atoms. The highest BCUT2D eigenvalue weighted by atomic mass is 32.2. The van der Waals surface area contributed by atoms with Crippen LogP contribution in [0.15, 0.2) is 23.1 Å². The topological polar surface area (TPSA) is 87.7 Å². The standard InChI is InChI=1S/C20H33N3O4S/c1-6-27-18-8-7-17(13-15(18)2)28(25,26)21-14-16-9-11-23(12-10-16)19(24)22-20(3,4)5/h7-8,13,16,21H,6,9-12,14H2,1-5H3,(H,22,24). The Bertz CT molecular complexity index is 779. The summed E-state index contributed by atoms with van der Waals surface area (Å²) >= 11 is 0. The average Bonchev–Trinajstić information content (AvgIpc) is 2.61. The number of rotatable bonds is 6. The zero-order valence-electron chi connectivity index (χ0n) is 17.5. The molecule has 1 aromatic rings. The molecule has 0 unspecified atom stereocenters. The Morgan fingerprint density at radius 1 is 1.25 bits per heavy atom. The number of benzene rings is 1. The molecule has 2 amide bonds. The van der Waals surface area contributed by atoms with Crippen LogP contribution < -0.4 is 14.8 Å². The highest BCUT2D eigenvalue weighted by Gasteiger charge is 2.26. The minimum absolute atomic E-state index is 0.0589. The van der Waals surface area contributed by atoms with E-state index in [2.05, 4.69) is 10.0 Å². The van der Waals surface area contributed by atoms with Crippen LogP contribution in [0.2, 0.25) is 0 Å². The zero-order valence-corrected chi connectivity index (χ0v) is 18.4. The number of amides is 2. The number of nitrogens with zero attached hydrogens (tertiary/aromatic N) is 1. The van der Waals surface area contributed by atoms with Crippen LogP contribution in [-0.2, 0) is 10.0 Å². The highest BCUT2D eigenvalue weighted by molar-refractivity contribution is 7.89. The smallest absolute Gasteiger partial charge is 0.317 e. The van der Waals surface area contributed by atoms with Gasteiger partial charge in [0.25, 0.3) is 0 Å². The third kappa shape index (κ3) is 6.38. The first-order chi connectivity index (χ1) is 13.0. The van der Waals surface area contributed by atoms with Crippen LogP contribution in [0.25, 0.3) is 0 Å². The largest absolute Gasteiger partial charge is 0.494 e. The Morgan fingerprint density at radius 2 is 1.89 bits per heavy atom. The van der Waals surface area contributed by atoms with E-state index in [1.54, 1.807) is 23.1 Å². The summed E-state index contributed by atoms with van der Waals surface area (Å²) in [6.45, 7) is 11.8. The fourth-order valence-corrected chi connectivity index (χ4v) is 4.36. The Labute approximate surface area is 168 Å². The molecule has 158 valence electrons. The van der Waals surface area contributed by atoms with Crippen molar-refractivity contribution in [1.82, 2.24) is 14.9 Å². The molecule has 0 bridgehead atoms. The zero-order chi connectivity index (χ0) is 20.9. The summed E-state index contributed by atoms with van der Waals surface area (Å²) in [5, 5.41) is 2.97. The van der Waals surface area contributed by atoms with Gasteiger partial charge in [-0.1, -0.05) is 0 Å². The lowest BCUT2D eigenvalue weighted by Crippen LogP contribution is -2.51. The van der Waals surface area contributed by atoms with Crippen molar-refractivity contribution in [2.75, 3.05) is 26.2 Å². The van der Waals surface area contributed by atoms with Gasteiger partial charge in [0, 0.05) is 25.2 Å². The average molecular weight is 412 g/mol. The van der Waals surface area contributed by atoms with Crippen molar-refractivity contribution in [2.45, 2.75) is 57.9 Å². The van der Waals surface area contributed by atoms with E-state index in [-0.39, 0.29) is 22.4 Å². The normalized spacial score (nSPS) is 16.1. The molecule has 1 aliphatic heterocycles. The van der Waals surface area contributed by atoms with Crippen LogP contribution in [0, 0.1) is 12.8 Å². The molecule has 1 aliphatic rings. The molecular weight excluding hydrogens is 378 g/mol. The second kappa shape index (κ2) is 9.13. The molecule has 2 N–H and O–H groups in total. The van der Waals surface area contributed by atoms with E-state index < -0.39 is 10.0 Å². The summed E-state index contributed by atoms with van der Waals surface area (Å²) in [4.78, 5) is 14.3. The monoisotopic (exact) mass is 411 g/mol. The predicted molar refractivity (Wildman–Crippen MR) is 110 cm³/mol. The van der Waals surface area contributed by atoms with Gasteiger partial charge in [-0.05, 0) is 77.1 Å². The number of likely N-dealkylation sites (tertiary alicyclic amines) is 1. The summed E-state index contributed by atoms with van der Waals surface area (Å²) in [5.74, 6) is 0.916. The van der Waals surface area contributed by atoms with Crippen LogP contribution in [-0.4, -0.2) is 51.1 Å². The van der Waals surface area contributed by atoms with Crippen molar-refractivity contribution in [3.05, 3.63) is 23.8 Å². The number of aryl methyl sites for hydroxylation is 1. The van der Waals surface area contributed by atoms with Crippen LogP contribution in [0.5, 0.6) is 5.75 Å². The molecule has 2 rings (SSSR count). The van der Waals surface area contributed by atoms with Gasteiger partial charge in [0.15, 0.2) is 0 Å². The van der Waals surface area contributed by atoms with E-state index in [1.165, 1.54) is 0 Å². The minimum Gasteiger partial charge on any atom is -0.494 e. The fourth-order valence-electron chi connectivity index (χ4n) is 3.16. The fraction of sp³-hybridized carbons (Fsp3) is 0.650. The van der Waals surface area contributed by atoms with Crippen molar-refractivity contribution in [3.63, 3.8) is 0 Å². The number of piperidine rings is 1. The van der Waals surface area contributed by atoms with Crippen LogP contribution in [0.3, 0.4) is 0 Å². The molecular formula is C20H33N3O4S. The molecule has 1 fully saturated rings. The van der Waals surface area contributed by atoms with Gasteiger partial charge in [-0.25, -0.2) is 17.9 Å². The number of ether oxygens (including phenoxy) is 1. The lowest BCUT2D eigenvalue weighted by molar-refractivity contribution is 0.163. The SMILES string of the molecule is CCOc1ccc(S(=O)(=O)NCC2CCN(C(=O)NC(C)(C)C)CC2)cc1C. The molecule has 1 aromatic carbocycles. The lowest BCUT2D eigenvalue weighted by Gasteiger charge is -2.34. The van der Waals surface area contributed by atoms with E-state index >= 15 is 0 Å². The predicted octanol–water partition coefficient (Wildman–Crippen LogP) is 2.89. The van der Waals surface area contributed by atoms with Gasteiger partial charge in [0.1, 0.15) is 5.75 Å². The van der Waals surface area contributed by atoms with E-state index in [4.69, 9.17) is 4.74 Å². The van der Waals surface area contributed by atoms with Crippen LogP contribution in [0.4, 0.5) is 4.79 Å². The molecule has 8 heteroatoms. The first-order valence-electron chi connectivity index (χ1n) is 9.82. The molecule has 1 saturated heterocycles. The first-order valence-corrected chi connectivity index (χ1v) is 11.3. The van der Waals surface area contributed by atoms with Gasteiger partial charge in [-0.15, -0.1) is 0 Å². The maximum absolute atomic E-state index is 12.6. The van der Waals surface area contributed by atoms with E-state index in [1.807, 2.05) is 34.6 Å². The van der Waals surface area contributed by atoms with Crippen molar-refractivity contribution < 1.29 is 17.9 Å². The van der Waals surface area contributed by atoms with Gasteiger partial charge in [-0.2, -0.15) is 0 Å². The summed E-state index contributed by atoms with van der Waals surface area (Å²) in [5.41, 5.74) is 0.530. The number of carbonyl (C=O) groups excluding carboxylic acids is 1. The van der Waals surface area contributed by atoms with Gasteiger partial charge in [0.05, 0.1) is 11.5 Å². The lowest BCUT2D eigenvalue weighted by atomic mass is 9.97. The Kier molecular flexibility index (Phi) is 7.33. The molecule has 0 saturated carbocycles. The molecule has 0 atom stereocenters. The van der Waals surface area contributed by atoms with E-state index in [9.17, 15) is 13.2 Å². The third-order valence-corrected chi connectivity index (χ3v) is 6.12. The van der Waals surface area contributed by atoms with Crippen molar-refractivity contribution in [1.29, 1.82) is 0 Å². The summed E-state index contributed by atoms with van der Waals surface area (Å²) < 4.78 is 33.4. The van der Waals surface area contributed by atoms with E-state index in [0.717, 1.165) is 18.4 Å². The van der Waals surface area contributed by atoms with Gasteiger partial charge in [-0.3, -0.25) is 0 Å². The Hall–Kier alpha value is -1.80. The number of carbonyl (C=O) groups is 1. The van der Waals surface area contributed by atoms with Gasteiger partial charge >= 0.3 is 6.03 Å². The number of urea groups is 1. The molecule has 0 aliphatic carbocycles. The molecule has 1 heterocycles. The second-order valence-electron chi connectivity index (χ2n) is 8.32. The van der Waals surface area contributed by atoms with Crippen molar-refractivity contribution >= 4 is 16.1 Å². The maximum atomic E-state index is 12.6. The van der Waals surface area contributed by atoms with E-state index in [0.29, 0.717) is 32.0 Å². The Balaban J connectivity index is 1.87. The number of hydrogen-bond donors (Lipinski definition) is 2.